The van der Waals surface area contributed by atoms with Gasteiger partial charge in [0, 0.05) is 26.1 Å². The van der Waals surface area contributed by atoms with Crippen LogP contribution in [0.5, 0.6) is 0 Å². The van der Waals surface area contributed by atoms with Crippen LogP contribution in [0.1, 0.15) is 19.8 Å². The van der Waals surface area contributed by atoms with Gasteiger partial charge in [-0.05, 0) is 44.1 Å². The van der Waals surface area contributed by atoms with Crippen molar-refractivity contribution in [1.29, 1.82) is 0 Å². The van der Waals surface area contributed by atoms with Gasteiger partial charge in [-0.15, -0.1) is 0 Å². The highest BCUT2D eigenvalue weighted by atomic mass is 19.1. The zero-order chi connectivity index (χ0) is 24.1. The average molecular weight is 479 g/mol. The fourth-order valence-corrected chi connectivity index (χ4v) is 4.28. The van der Waals surface area contributed by atoms with Gasteiger partial charge in [-0.1, -0.05) is 0 Å². The van der Waals surface area contributed by atoms with Crippen molar-refractivity contribution < 1.29 is 28.3 Å². The Balaban J connectivity index is 1.34. The maximum absolute atomic E-state index is 15.0. The van der Waals surface area contributed by atoms with Crippen LogP contribution in [-0.2, 0) is 14.4 Å². The number of hydrogen-bond acceptors (Lipinski definition) is 7. The summed E-state index contributed by atoms with van der Waals surface area (Å²) in [6, 6.07) is 4.42. The van der Waals surface area contributed by atoms with Gasteiger partial charge in [0.05, 0.1) is 37.6 Å². The zero-order valence-corrected chi connectivity index (χ0v) is 19.2. The summed E-state index contributed by atoms with van der Waals surface area (Å²) in [6.45, 7) is 4.91. The van der Waals surface area contributed by atoms with E-state index in [-0.39, 0.29) is 37.7 Å². The smallest absolute Gasteiger partial charge is 0.414 e. The average Bonchev–Trinajstić information content (AvgIpc) is 3.02. The van der Waals surface area contributed by atoms with E-state index >= 15 is 4.39 Å². The van der Waals surface area contributed by atoms with Gasteiger partial charge in [0.1, 0.15) is 11.9 Å². The third kappa shape index (κ3) is 5.86. The van der Waals surface area contributed by atoms with Gasteiger partial charge in [-0.25, -0.2) is 19.0 Å². The van der Waals surface area contributed by atoms with Crippen molar-refractivity contribution in [1.82, 2.24) is 21.0 Å². The Kier molecular flexibility index (Phi) is 7.68. The van der Waals surface area contributed by atoms with E-state index in [0.29, 0.717) is 31.0 Å². The Morgan fingerprint density at radius 2 is 2.00 bits per heavy atom. The lowest BCUT2D eigenvalue weighted by Crippen LogP contribution is -2.49. The maximum Gasteiger partial charge on any atom is 0.414 e. The molecule has 12 heteroatoms. The van der Waals surface area contributed by atoms with Gasteiger partial charge in [0.15, 0.2) is 0 Å². The van der Waals surface area contributed by atoms with Crippen molar-refractivity contribution in [2.75, 3.05) is 62.2 Å². The number of carbonyl (C=O) groups excluding carboxylic acids is 3. The number of hydrogen-bond donors (Lipinski definition) is 3. The van der Waals surface area contributed by atoms with Crippen LogP contribution in [0.4, 0.5) is 25.4 Å². The van der Waals surface area contributed by atoms with Crippen LogP contribution in [0.2, 0.25) is 0 Å². The van der Waals surface area contributed by atoms with Crippen LogP contribution in [0.25, 0.3) is 0 Å². The highest BCUT2D eigenvalue weighted by molar-refractivity contribution is 5.90. The predicted octanol–water partition coefficient (Wildman–Crippen LogP) is 0.802. The van der Waals surface area contributed by atoms with Crippen LogP contribution < -0.4 is 25.8 Å². The molecule has 3 N–H and O–H groups in total. The molecule has 34 heavy (non-hydrogen) atoms. The predicted molar refractivity (Wildman–Crippen MR) is 122 cm³/mol. The molecule has 1 atom stereocenters. The molecule has 0 spiro atoms. The second-order valence-corrected chi connectivity index (χ2v) is 8.59. The lowest BCUT2D eigenvalue weighted by atomic mass is 10.1. The van der Waals surface area contributed by atoms with E-state index in [1.165, 1.54) is 23.0 Å². The first-order chi connectivity index (χ1) is 16.4. The molecule has 186 valence electrons. The molecule has 0 bridgehead atoms. The second-order valence-electron chi connectivity index (χ2n) is 8.59. The lowest BCUT2D eigenvalue weighted by molar-refractivity contribution is -0.119. The summed E-state index contributed by atoms with van der Waals surface area (Å²) in [4.78, 5) is 44.6. The number of nitrogens with zero attached hydrogens (tertiary/aromatic N) is 3. The Labute approximate surface area is 197 Å². The Morgan fingerprint density at radius 1 is 1.21 bits per heavy atom. The summed E-state index contributed by atoms with van der Waals surface area (Å²) in [7, 11) is 0. The van der Waals surface area contributed by atoms with Gasteiger partial charge in [0.2, 0.25) is 5.91 Å². The summed E-state index contributed by atoms with van der Waals surface area (Å²) in [6.07, 6.45) is 0.675. The van der Waals surface area contributed by atoms with Crippen LogP contribution in [0, 0.1) is 5.82 Å². The van der Waals surface area contributed by atoms with E-state index in [1.807, 2.05) is 4.90 Å². The summed E-state index contributed by atoms with van der Waals surface area (Å²) in [5.41, 5.74) is 0.751. The molecule has 0 unspecified atom stereocenters. The topological polar surface area (TPSA) is 115 Å². The van der Waals surface area contributed by atoms with E-state index in [4.69, 9.17) is 9.57 Å². The molecule has 3 fully saturated rings. The lowest BCUT2D eigenvalue weighted by Gasteiger charge is -2.27. The van der Waals surface area contributed by atoms with Crippen molar-refractivity contribution in [3.63, 3.8) is 0 Å². The molecule has 1 aromatic rings. The van der Waals surface area contributed by atoms with Gasteiger partial charge in [-0.2, -0.15) is 0 Å². The highest BCUT2D eigenvalue weighted by Crippen LogP contribution is 2.28. The number of cyclic esters (lactones) is 1. The number of hydroxylamine groups is 2. The summed E-state index contributed by atoms with van der Waals surface area (Å²) in [5, 5.41) is 10.2. The number of carbonyl (C=O) groups is 3. The van der Waals surface area contributed by atoms with Gasteiger partial charge >= 0.3 is 12.1 Å². The van der Waals surface area contributed by atoms with Crippen molar-refractivity contribution in [2.24, 2.45) is 0 Å². The number of benzene rings is 1. The summed E-state index contributed by atoms with van der Waals surface area (Å²) < 4.78 is 20.3. The minimum Gasteiger partial charge on any atom is -0.442 e. The zero-order valence-electron chi connectivity index (χ0n) is 19.2. The summed E-state index contributed by atoms with van der Waals surface area (Å²) in [5.74, 6) is -0.697. The number of ether oxygens (including phenoxy) is 1. The normalized spacial score (nSPS) is 21.8. The number of amides is 4. The van der Waals surface area contributed by atoms with Crippen molar-refractivity contribution in [3.05, 3.63) is 24.0 Å². The standard InChI is InChI=1S/C22H31FN6O5/c1-15(30)25-13-18-14-28(22(32)34-18)17-2-3-20(19(23)12-17)27-8-9-29(33-11-10-27)21(31)26-16-4-6-24-7-5-16/h2-3,12,16,18,24H,4-11,13-14H2,1H3,(H,25,30)(H,26,31)/t18-/m0/s1. The molecule has 4 amide bonds. The monoisotopic (exact) mass is 478 g/mol. The van der Waals surface area contributed by atoms with Crippen molar-refractivity contribution in [2.45, 2.75) is 31.9 Å². The molecule has 0 aliphatic carbocycles. The number of urea groups is 1. The first kappa shape index (κ1) is 24.0. The van der Waals surface area contributed by atoms with E-state index in [9.17, 15) is 14.4 Å². The molecule has 0 aromatic heterocycles. The van der Waals surface area contributed by atoms with Gasteiger partial charge < -0.3 is 25.6 Å². The van der Waals surface area contributed by atoms with E-state index in [0.717, 1.165) is 25.9 Å². The quantitative estimate of drug-likeness (QED) is 0.574. The van der Waals surface area contributed by atoms with Crippen LogP contribution >= 0.6 is 0 Å². The molecule has 11 nitrogen and oxygen atoms in total. The van der Waals surface area contributed by atoms with Crippen molar-refractivity contribution in [3.8, 4) is 0 Å². The molecular weight excluding hydrogens is 447 g/mol. The molecule has 1 aromatic carbocycles. The molecule has 3 saturated heterocycles. The van der Waals surface area contributed by atoms with E-state index in [1.54, 1.807) is 12.1 Å². The largest absolute Gasteiger partial charge is 0.442 e. The Bertz CT molecular complexity index is 912. The molecular formula is C22H31FN6O5. The minimum atomic E-state index is -0.582. The highest BCUT2D eigenvalue weighted by Gasteiger charge is 2.33. The van der Waals surface area contributed by atoms with E-state index in [2.05, 4.69) is 16.0 Å². The molecule has 3 aliphatic rings. The van der Waals surface area contributed by atoms with Crippen LogP contribution in [0.3, 0.4) is 0 Å². The van der Waals surface area contributed by atoms with Gasteiger partial charge in [-0.3, -0.25) is 14.5 Å². The molecule has 3 heterocycles. The van der Waals surface area contributed by atoms with Crippen LogP contribution in [-0.4, -0.2) is 87.7 Å². The number of anilines is 2. The SMILES string of the molecule is CC(=O)NC[C@H]1CN(c2ccc(N3CCON(C(=O)NC4CCNCC4)CC3)c(F)c2)C(=O)O1. The molecule has 0 saturated carbocycles. The number of halogens is 1. The number of piperidine rings is 1. The first-order valence-electron chi connectivity index (χ1n) is 11.6. The minimum absolute atomic E-state index is 0.122. The molecule has 4 rings (SSSR count). The van der Waals surface area contributed by atoms with Gasteiger partial charge in [0.25, 0.3) is 0 Å². The maximum atomic E-state index is 15.0. The van der Waals surface area contributed by atoms with Crippen LogP contribution in [0.15, 0.2) is 18.2 Å². The first-order valence-corrected chi connectivity index (χ1v) is 11.6. The molecule has 0 radical (unpaired) electrons. The number of nitrogens with one attached hydrogen (secondary N) is 3. The second kappa shape index (κ2) is 10.9. The van der Waals surface area contributed by atoms with E-state index < -0.39 is 18.0 Å². The fraction of sp³-hybridized carbons (Fsp3) is 0.591. The fourth-order valence-electron chi connectivity index (χ4n) is 4.28. The summed E-state index contributed by atoms with van der Waals surface area (Å²) >= 11 is 0. The van der Waals surface area contributed by atoms with Crippen molar-refractivity contribution >= 4 is 29.4 Å². The third-order valence-electron chi connectivity index (χ3n) is 6.11. The third-order valence-corrected chi connectivity index (χ3v) is 6.11. The Morgan fingerprint density at radius 3 is 2.74 bits per heavy atom. The molecule has 3 aliphatic heterocycles. The number of rotatable bonds is 5. The Hall–Kier alpha value is -3.12.